The summed E-state index contributed by atoms with van der Waals surface area (Å²) in [5, 5.41) is 9.73. The van der Waals surface area contributed by atoms with E-state index in [1.165, 1.54) is 0 Å². The third-order valence-corrected chi connectivity index (χ3v) is 3.35. The highest BCUT2D eigenvalue weighted by Crippen LogP contribution is 2.21. The van der Waals surface area contributed by atoms with E-state index in [0.717, 1.165) is 18.7 Å². The van der Waals surface area contributed by atoms with Gasteiger partial charge in [0.05, 0.1) is 5.92 Å². The summed E-state index contributed by atoms with van der Waals surface area (Å²) in [6.07, 6.45) is -0.0464. The molecule has 3 atom stereocenters. The van der Waals surface area contributed by atoms with Gasteiger partial charge in [0.2, 0.25) is 5.91 Å². The molecule has 2 saturated heterocycles. The standard InChI is InChI=1S/C12H15N3O/c16-12-9-6-13-7-10(9)14-11(15-12)8-4-2-1-3-5-8/h1-5,9-11,13-14H,6-7H2,(H,15,16). The fraction of sp³-hybridized carbons (Fsp3) is 0.417. The Morgan fingerprint density at radius 3 is 2.75 bits per heavy atom. The van der Waals surface area contributed by atoms with Gasteiger partial charge in [0.25, 0.3) is 0 Å². The Morgan fingerprint density at radius 2 is 1.94 bits per heavy atom. The highest BCUT2D eigenvalue weighted by molar-refractivity contribution is 5.81. The van der Waals surface area contributed by atoms with Gasteiger partial charge in [0, 0.05) is 19.1 Å². The topological polar surface area (TPSA) is 53.2 Å². The summed E-state index contributed by atoms with van der Waals surface area (Å²) in [5.41, 5.74) is 1.11. The van der Waals surface area contributed by atoms with E-state index in [2.05, 4.69) is 16.0 Å². The monoisotopic (exact) mass is 217 g/mol. The second-order valence-corrected chi connectivity index (χ2v) is 4.39. The molecule has 16 heavy (non-hydrogen) atoms. The summed E-state index contributed by atoms with van der Waals surface area (Å²) < 4.78 is 0. The number of carbonyl (C=O) groups excluding carboxylic acids is 1. The molecular weight excluding hydrogens is 202 g/mol. The second-order valence-electron chi connectivity index (χ2n) is 4.39. The van der Waals surface area contributed by atoms with Gasteiger partial charge < -0.3 is 10.6 Å². The van der Waals surface area contributed by atoms with Crippen molar-refractivity contribution in [3.05, 3.63) is 35.9 Å². The van der Waals surface area contributed by atoms with Crippen LogP contribution >= 0.6 is 0 Å². The molecule has 2 heterocycles. The van der Waals surface area contributed by atoms with E-state index in [0.29, 0.717) is 0 Å². The van der Waals surface area contributed by atoms with Crippen molar-refractivity contribution in [1.29, 1.82) is 0 Å². The smallest absolute Gasteiger partial charge is 0.227 e. The van der Waals surface area contributed by atoms with Crippen LogP contribution in [0, 0.1) is 5.92 Å². The number of carbonyl (C=O) groups is 1. The summed E-state index contributed by atoms with van der Waals surface area (Å²) >= 11 is 0. The molecule has 1 aromatic carbocycles. The largest absolute Gasteiger partial charge is 0.336 e. The van der Waals surface area contributed by atoms with Crippen molar-refractivity contribution in [2.45, 2.75) is 12.2 Å². The average Bonchev–Trinajstić information content (AvgIpc) is 2.79. The van der Waals surface area contributed by atoms with Crippen molar-refractivity contribution in [2.75, 3.05) is 13.1 Å². The quantitative estimate of drug-likeness (QED) is 0.620. The van der Waals surface area contributed by atoms with Gasteiger partial charge in [-0.2, -0.15) is 0 Å². The first-order valence-corrected chi connectivity index (χ1v) is 5.67. The lowest BCUT2D eigenvalue weighted by atomic mass is 9.98. The summed E-state index contributed by atoms with van der Waals surface area (Å²) in [5.74, 6) is 0.238. The summed E-state index contributed by atoms with van der Waals surface area (Å²) in [7, 11) is 0. The molecule has 4 nitrogen and oxygen atoms in total. The fourth-order valence-electron chi connectivity index (χ4n) is 2.46. The molecule has 2 fully saturated rings. The molecule has 4 heteroatoms. The number of benzene rings is 1. The molecule has 84 valence electrons. The molecule has 0 spiro atoms. The van der Waals surface area contributed by atoms with Crippen LogP contribution in [-0.2, 0) is 4.79 Å². The summed E-state index contributed by atoms with van der Waals surface area (Å²) in [6, 6.07) is 10.3. The number of fused-ring (bicyclic) bond motifs is 1. The van der Waals surface area contributed by atoms with Crippen LogP contribution in [0.5, 0.6) is 0 Å². The van der Waals surface area contributed by atoms with E-state index < -0.39 is 0 Å². The maximum Gasteiger partial charge on any atom is 0.227 e. The molecule has 0 aromatic heterocycles. The number of nitrogens with one attached hydrogen (secondary N) is 3. The fourth-order valence-corrected chi connectivity index (χ4v) is 2.46. The molecule has 0 bridgehead atoms. The van der Waals surface area contributed by atoms with Gasteiger partial charge in [-0.3, -0.25) is 10.1 Å². The highest BCUT2D eigenvalue weighted by Gasteiger charge is 2.39. The zero-order valence-electron chi connectivity index (χ0n) is 8.94. The van der Waals surface area contributed by atoms with Gasteiger partial charge in [-0.25, -0.2) is 0 Å². The minimum absolute atomic E-state index is 0.0464. The predicted octanol–water partition coefficient (Wildman–Crippen LogP) is -0.00740. The minimum atomic E-state index is -0.0464. The Balaban J connectivity index is 1.81. The van der Waals surface area contributed by atoms with E-state index in [4.69, 9.17) is 0 Å². The van der Waals surface area contributed by atoms with E-state index >= 15 is 0 Å². The molecule has 3 unspecified atom stereocenters. The third-order valence-electron chi connectivity index (χ3n) is 3.35. The van der Waals surface area contributed by atoms with Gasteiger partial charge in [0.1, 0.15) is 6.17 Å². The van der Waals surface area contributed by atoms with E-state index in [9.17, 15) is 4.79 Å². The Kier molecular flexibility index (Phi) is 2.38. The van der Waals surface area contributed by atoms with E-state index in [1.54, 1.807) is 0 Å². The summed E-state index contributed by atoms with van der Waals surface area (Å²) in [6.45, 7) is 1.66. The zero-order valence-corrected chi connectivity index (χ0v) is 8.94. The summed E-state index contributed by atoms with van der Waals surface area (Å²) in [4.78, 5) is 11.9. The van der Waals surface area contributed by atoms with Gasteiger partial charge in [-0.1, -0.05) is 30.3 Å². The van der Waals surface area contributed by atoms with Crippen molar-refractivity contribution < 1.29 is 4.79 Å². The SMILES string of the molecule is O=C1NC(c2ccccc2)NC2CNCC12. The van der Waals surface area contributed by atoms with E-state index in [1.807, 2.05) is 30.3 Å². The molecule has 1 amide bonds. The third kappa shape index (κ3) is 1.60. The molecule has 3 rings (SSSR count). The maximum atomic E-state index is 11.9. The number of hydrogen-bond donors (Lipinski definition) is 3. The number of amides is 1. The first-order chi connectivity index (χ1) is 7.84. The number of rotatable bonds is 1. The Labute approximate surface area is 94.4 Å². The lowest BCUT2D eigenvalue weighted by molar-refractivity contribution is -0.128. The molecule has 0 radical (unpaired) electrons. The van der Waals surface area contributed by atoms with Crippen LogP contribution in [0.3, 0.4) is 0 Å². The Bertz CT molecular complexity index is 393. The van der Waals surface area contributed by atoms with Crippen LogP contribution in [0.2, 0.25) is 0 Å². The Morgan fingerprint density at radius 1 is 1.12 bits per heavy atom. The van der Waals surface area contributed by atoms with Crippen LogP contribution in [0.15, 0.2) is 30.3 Å². The van der Waals surface area contributed by atoms with Crippen molar-refractivity contribution in [3.63, 3.8) is 0 Å². The minimum Gasteiger partial charge on any atom is -0.336 e. The van der Waals surface area contributed by atoms with Gasteiger partial charge >= 0.3 is 0 Å². The van der Waals surface area contributed by atoms with Gasteiger partial charge in [0.15, 0.2) is 0 Å². The molecule has 0 aliphatic carbocycles. The normalized spacial score (nSPS) is 33.2. The van der Waals surface area contributed by atoms with Crippen LogP contribution in [0.4, 0.5) is 0 Å². The first kappa shape index (κ1) is 9.81. The molecule has 2 aliphatic heterocycles. The van der Waals surface area contributed by atoms with Gasteiger partial charge in [-0.15, -0.1) is 0 Å². The van der Waals surface area contributed by atoms with Crippen molar-refractivity contribution >= 4 is 5.91 Å². The predicted molar refractivity (Wildman–Crippen MR) is 60.6 cm³/mol. The lowest BCUT2D eigenvalue weighted by Crippen LogP contribution is -2.56. The first-order valence-electron chi connectivity index (χ1n) is 5.67. The number of hydrogen-bond acceptors (Lipinski definition) is 3. The molecule has 0 saturated carbocycles. The average molecular weight is 217 g/mol. The van der Waals surface area contributed by atoms with Crippen molar-refractivity contribution in [3.8, 4) is 0 Å². The zero-order chi connectivity index (χ0) is 11.0. The molecular formula is C12H15N3O. The molecule has 1 aromatic rings. The van der Waals surface area contributed by atoms with Crippen LogP contribution < -0.4 is 16.0 Å². The van der Waals surface area contributed by atoms with Crippen LogP contribution in [0.1, 0.15) is 11.7 Å². The maximum absolute atomic E-state index is 11.9. The highest BCUT2D eigenvalue weighted by atomic mass is 16.2. The van der Waals surface area contributed by atoms with E-state index in [-0.39, 0.29) is 24.0 Å². The molecule has 3 N–H and O–H groups in total. The van der Waals surface area contributed by atoms with Crippen molar-refractivity contribution in [1.82, 2.24) is 16.0 Å². The van der Waals surface area contributed by atoms with Crippen molar-refractivity contribution in [2.24, 2.45) is 5.92 Å². The van der Waals surface area contributed by atoms with Crippen LogP contribution in [0.25, 0.3) is 0 Å². The molecule has 2 aliphatic rings. The van der Waals surface area contributed by atoms with Gasteiger partial charge in [-0.05, 0) is 5.56 Å². The second kappa shape index (κ2) is 3.88. The Hall–Kier alpha value is -1.39. The lowest BCUT2D eigenvalue weighted by Gasteiger charge is -2.33. The van der Waals surface area contributed by atoms with Crippen LogP contribution in [-0.4, -0.2) is 25.0 Å².